The Morgan fingerprint density at radius 3 is 2.63 bits per heavy atom. The molecule has 152 valence electrons. The SMILES string of the molecule is CC[C@H](C)N(C)CCNC(=O)c1ccc(S(=O)(=O)NC[C@@H]2CCCO2)cc1. The number of hydrogen-bond acceptors (Lipinski definition) is 5. The smallest absolute Gasteiger partial charge is 0.251 e. The molecule has 1 amide bonds. The van der Waals surface area contributed by atoms with E-state index >= 15 is 0 Å². The van der Waals surface area contributed by atoms with E-state index in [9.17, 15) is 13.2 Å². The van der Waals surface area contributed by atoms with Gasteiger partial charge in [0.2, 0.25) is 10.0 Å². The number of ether oxygens (including phenoxy) is 1. The summed E-state index contributed by atoms with van der Waals surface area (Å²) < 4.78 is 32.7. The Morgan fingerprint density at radius 1 is 1.33 bits per heavy atom. The lowest BCUT2D eigenvalue weighted by atomic mass is 10.2. The molecule has 1 heterocycles. The Kier molecular flexibility index (Phi) is 8.22. The topological polar surface area (TPSA) is 87.7 Å². The Morgan fingerprint density at radius 2 is 2.04 bits per heavy atom. The second-order valence-corrected chi connectivity index (χ2v) is 8.77. The highest BCUT2D eigenvalue weighted by Gasteiger charge is 2.20. The van der Waals surface area contributed by atoms with E-state index < -0.39 is 10.0 Å². The molecule has 0 radical (unpaired) electrons. The van der Waals surface area contributed by atoms with Gasteiger partial charge in [0.25, 0.3) is 5.91 Å². The third-order valence-electron chi connectivity index (χ3n) is 5.05. The zero-order valence-corrected chi connectivity index (χ0v) is 17.2. The second kappa shape index (κ2) is 10.2. The van der Waals surface area contributed by atoms with Crippen LogP contribution in [0.25, 0.3) is 0 Å². The highest BCUT2D eigenvalue weighted by molar-refractivity contribution is 7.89. The first-order chi connectivity index (χ1) is 12.8. The molecule has 1 aromatic carbocycles. The number of hydrogen-bond donors (Lipinski definition) is 2. The predicted molar refractivity (Wildman–Crippen MR) is 105 cm³/mol. The molecule has 2 rings (SSSR count). The minimum Gasteiger partial charge on any atom is -0.377 e. The number of carbonyl (C=O) groups excluding carboxylic acids is 1. The highest BCUT2D eigenvalue weighted by atomic mass is 32.2. The van der Waals surface area contributed by atoms with Crippen LogP contribution in [0.1, 0.15) is 43.5 Å². The molecule has 1 fully saturated rings. The molecular weight excluding hydrogens is 366 g/mol. The van der Waals surface area contributed by atoms with Crippen LogP contribution in [-0.4, -0.2) is 64.7 Å². The number of benzene rings is 1. The van der Waals surface area contributed by atoms with E-state index in [1.807, 2.05) is 7.05 Å². The Balaban J connectivity index is 1.85. The van der Waals surface area contributed by atoms with Gasteiger partial charge in [0.05, 0.1) is 11.0 Å². The summed E-state index contributed by atoms with van der Waals surface area (Å²) in [5.41, 5.74) is 0.444. The first-order valence-electron chi connectivity index (χ1n) is 9.53. The van der Waals surface area contributed by atoms with Crippen molar-refractivity contribution < 1.29 is 17.9 Å². The number of sulfonamides is 1. The molecule has 0 spiro atoms. The monoisotopic (exact) mass is 397 g/mol. The summed E-state index contributed by atoms with van der Waals surface area (Å²) in [7, 11) is -1.57. The summed E-state index contributed by atoms with van der Waals surface area (Å²) in [4.78, 5) is 14.6. The minimum atomic E-state index is -3.60. The second-order valence-electron chi connectivity index (χ2n) is 7.01. The maximum atomic E-state index is 12.3. The number of amides is 1. The van der Waals surface area contributed by atoms with E-state index in [-0.39, 0.29) is 23.5 Å². The molecule has 8 heteroatoms. The number of nitrogens with zero attached hydrogens (tertiary/aromatic N) is 1. The zero-order chi connectivity index (χ0) is 19.9. The molecule has 2 N–H and O–H groups in total. The molecular formula is C19H31N3O4S. The molecule has 0 aliphatic carbocycles. The average molecular weight is 398 g/mol. The van der Waals surface area contributed by atoms with Gasteiger partial charge >= 0.3 is 0 Å². The van der Waals surface area contributed by atoms with Crippen LogP contribution in [0.4, 0.5) is 0 Å². The third kappa shape index (κ3) is 6.57. The first kappa shape index (κ1) is 21.8. The van der Waals surface area contributed by atoms with E-state index in [2.05, 4.69) is 28.8 Å². The van der Waals surface area contributed by atoms with Crippen molar-refractivity contribution in [2.75, 3.05) is 33.3 Å². The molecule has 0 unspecified atom stereocenters. The van der Waals surface area contributed by atoms with Gasteiger partial charge in [-0.1, -0.05) is 6.92 Å². The van der Waals surface area contributed by atoms with Crippen molar-refractivity contribution in [3.63, 3.8) is 0 Å². The maximum absolute atomic E-state index is 12.3. The Labute approximate surface area is 162 Å². The molecule has 1 aliphatic heterocycles. The number of likely N-dealkylation sites (N-methyl/N-ethyl adjacent to an activating group) is 1. The first-order valence-corrected chi connectivity index (χ1v) is 11.0. The molecule has 0 saturated carbocycles. The van der Waals surface area contributed by atoms with Gasteiger partial charge < -0.3 is 15.0 Å². The van der Waals surface area contributed by atoms with E-state index in [4.69, 9.17) is 4.74 Å². The molecule has 0 bridgehead atoms. The highest BCUT2D eigenvalue weighted by Crippen LogP contribution is 2.14. The van der Waals surface area contributed by atoms with Crippen molar-refractivity contribution >= 4 is 15.9 Å². The molecule has 1 saturated heterocycles. The van der Waals surface area contributed by atoms with Crippen LogP contribution in [0.3, 0.4) is 0 Å². The van der Waals surface area contributed by atoms with E-state index in [1.54, 1.807) is 0 Å². The van der Waals surface area contributed by atoms with Gasteiger partial charge in [-0.15, -0.1) is 0 Å². The molecule has 0 aromatic heterocycles. The van der Waals surface area contributed by atoms with Gasteiger partial charge in [0, 0.05) is 37.8 Å². The van der Waals surface area contributed by atoms with Crippen molar-refractivity contribution in [1.82, 2.24) is 14.9 Å². The lowest BCUT2D eigenvalue weighted by Gasteiger charge is -2.23. The van der Waals surface area contributed by atoms with Gasteiger partial charge in [-0.2, -0.15) is 0 Å². The Hall–Kier alpha value is -1.48. The van der Waals surface area contributed by atoms with Crippen molar-refractivity contribution in [2.24, 2.45) is 0 Å². The maximum Gasteiger partial charge on any atom is 0.251 e. The van der Waals surface area contributed by atoms with E-state index in [1.165, 1.54) is 24.3 Å². The number of nitrogens with one attached hydrogen (secondary N) is 2. The standard InChI is InChI=1S/C19H31N3O4S/c1-4-15(2)22(3)12-11-20-19(23)16-7-9-18(10-8-16)27(24,25)21-14-17-6-5-13-26-17/h7-10,15,17,21H,4-6,11-14H2,1-3H3,(H,20,23)/t15-,17-/m0/s1. The van der Waals surface area contributed by atoms with Crippen LogP contribution < -0.4 is 10.0 Å². The van der Waals surface area contributed by atoms with Crippen molar-refractivity contribution in [2.45, 2.75) is 50.2 Å². The third-order valence-corrected chi connectivity index (χ3v) is 6.48. The predicted octanol–water partition coefficient (Wildman–Crippen LogP) is 1.60. The fraction of sp³-hybridized carbons (Fsp3) is 0.632. The van der Waals surface area contributed by atoms with Crippen LogP contribution in [0, 0.1) is 0 Å². The van der Waals surface area contributed by atoms with Gasteiger partial charge in [0.15, 0.2) is 0 Å². The summed E-state index contributed by atoms with van der Waals surface area (Å²) in [6.45, 7) is 6.54. The van der Waals surface area contributed by atoms with Crippen molar-refractivity contribution in [3.8, 4) is 0 Å². The molecule has 7 nitrogen and oxygen atoms in total. The molecule has 27 heavy (non-hydrogen) atoms. The van der Waals surface area contributed by atoms with Crippen molar-refractivity contribution in [3.05, 3.63) is 29.8 Å². The zero-order valence-electron chi connectivity index (χ0n) is 16.4. The molecule has 1 aliphatic rings. The van der Waals surface area contributed by atoms with Gasteiger partial charge in [0.1, 0.15) is 0 Å². The lowest BCUT2D eigenvalue weighted by molar-refractivity contribution is 0.0947. The normalized spacial score (nSPS) is 18.6. The van der Waals surface area contributed by atoms with E-state index in [0.29, 0.717) is 24.8 Å². The summed E-state index contributed by atoms with van der Waals surface area (Å²) in [6.07, 6.45) is 2.83. The number of carbonyl (C=O) groups is 1. The van der Waals surface area contributed by atoms with Gasteiger partial charge in [-0.05, 0) is 57.5 Å². The summed E-state index contributed by atoms with van der Waals surface area (Å²) in [6, 6.07) is 6.45. The fourth-order valence-electron chi connectivity index (χ4n) is 2.86. The minimum absolute atomic E-state index is 0.0571. The van der Waals surface area contributed by atoms with Gasteiger partial charge in [-0.25, -0.2) is 13.1 Å². The largest absolute Gasteiger partial charge is 0.377 e. The fourth-order valence-corrected chi connectivity index (χ4v) is 3.92. The van der Waals surface area contributed by atoms with Crippen molar-refractivity contribution in [1.29, 1.82) is 0 Å². The number of rotatable bonds is 10. The average Bonchev–Trinajstić information content (AvgIpc) is 3.19. The van der Waals surface area contributed by atoms with Crippen LogP contribution in [-0.2, 0) is 14.8 Å². The summed E-state index contributed by atoms with van der Waals surface area (Å²) in [5, 5.41) is 2.87. The van der Waals surface area contributed by atoms with E-state index in [0.717, 1.165) is 25.8 Å². The van der Waals surface area contributed by atoms with Crippen LogP contribution in [0.5, 0.6) is 0 Å². The lowest BCUT2D eigenvalue weighted by Crippen LogP contribution is -2.37. The molecule has 1 aromatic rings. The Bertz CT molecular complexity index is 700. The van der Waals surface area contributed by atoms with Crippen LogP contribution in [0.2, 0.25) is 0 Å². The van der Waals surface area contributed by atoms with Gasteiger partial charge in [-0.3, -0.25) is 4.79 Å². The summed E-state index contributed by atoms with van der Waals surface area (Å²) in [5.74, 6) is -0.205. The quantitative estimate of drug-likeness (QED) is 0.626. The van der Waals surface area contributed by atoms with Crippen LogP contribution >= 0.6 is 0 Å². The summed E-state index contributed by atoms with van der Waals surface area (Å²) >= 11 is 0. The van der Waals surface area contributed by atoms with Crippen LogP contribution in [0.15, 0.2) is 29.2 Å². The molecule has 2 atom stereocenters.